The van der Waals surface area contributed by atoms with Gasteiger partial charge < -0.3 is 14.5 Å². The lowest BCUT2D eigenvalue weighted by Crippen LogP contribution is -2.31. The highest BCUT2D eigenvalue weighted by molar-refractivity contribution is 6.32. The van der Waals surface area contributed by atoms with Gasteiger partial charge in [-0.15, -0.1) is 0 Å². The molecular weight excluding hydrogens is 340 g/mol. The number of hydrogen-bond acceptors (Lipinski definition) is 5. The van der Waals surface area contributed by atoms with E-state index in [1.54, 1.807) is 0 Å². The highest BCUT2D eigenvalue weighted by atomic mass is 16.5. The topological polar surface area (TPSA) is 49.9 Å². The molecule has 0 bridgehead atoms. The number of rotatable bonds is 5. The lowest BCUT2D eigenvalue weighted by molar-refractivity contribution is -0.138. The Morgan fingerprint density at radius 2 is 1.33 bits per heavy atom. The third-order valence-corrected chi connectivity index (χ3v) is 4.69. The molecule has 0 heterocycles. The summed E-state index contributed by atoms with van der Waals surface area (Å²) in [5.41, 5.74) is 4.16. The molecule has 3 rings (SSSR count). The first-order valence-electron chi connectivity index (χ1n) is 8.81. The molecule has 0 saturated carbocycles. The SMILES string of the molecule is CC(=O)OC1=C(c2ccc(N(C)C)cc2)C(=O)C1c1ccc(N(C)C)cc1. The maximum absolute atomic E-state index is 12.9. The molecule has 0 aliphatic heterocycles. The maximum atomic E-state index is 12.9. The summed E-state index contributed by atoms with van der Waals surface area (Å²) in [6.07, 6.45) is 0. The molecule has 5 nitrogen and oxygen atoms in total. The number of nitrogens with zero attached hydrogens (tertiary/aromatic N) is 2. The van der Waals surface area contributed by atoms with Crippen molar-refractivity contribution in [3.05, 3.63) is 65.4 Å². The Hall–Kier alpha value is -3.08. The first-order chi connectivity index (χ1) is 12.8. The van der Waals surface area contributed by atoms with Crippen molar-refractivity contribution < 1.29 is 14.3 Å². The zero-order valence-electron chi connectivity index (χ0n) is 16.3. The highest BCUT2D eigenvalue weighted by Gasteiger charge is 2.43. The van der Waals surface area contributed by atoms with Gasteiger partial charge in [0.1, 0.15) is 11.7 Å². The molecule has 0 aromatic heterocycles. The molecule has 1 atom stereocenters. The Labute approximate surface area is 159 Å². The quantitative estimate of drug-likeness (QED) is 0.761. The van der Waals surface area contributed by atoms with Crippen molar-refractivity contribution in [3.63, 3.8) is 0 Å². The monoisotopic (exact) mass is 364 g/mol. The number of carbonyl (C=O) groups is 2. The van der Waals surface area contributed by atoms with Crippen molar-refractivity contribution in [2.45, 2.75) is 12.8 Å². The predicted octanol–water partition coefficient (Wildman–Crippen LogP) is 3.46. The standard InChI is InChI=1S/C22H24N2O3/c1-14(25)27-22-19(15-6-10-17(11-7-15)23(2)3)21(26)20(22)16-8-12-18(13-9-16)24(4)5/h6-13,19H,1-5H3. The zero-order valence-corrected chi connectivity index (χ0v) is 16.3. The number of carbonyl (C=O) groups excluding carboxylic acids is 2. The second kappa shape index (κ2) is 7.27. The largest absolute Gasteiger partial charge is 0.429 e. The molecule has 0 spiro atoms. The molecule has 0 radical (unpaired) electrons. The second-order valence-electron chi connectivity index (χ2n) is 7.06. The molecule has 5 heteroatoms. The molecule has 140 valence electrons. The molecule has 1 aliphatic rings. The average molecular weight is 364 g/mol. The molecule has 1 unspecified atom stereocenters. The van der Waals surface area contributed by atoms with Crippen molar-refractivity contribution in [3.8, 4) is 0 Å². The Morgan fingerprint density at radius 1 is 0.852 bits per heavy atom. The van der Waals surface area contributed by atoms with E-state index in [4.69, 9.17) is 4.74 Å². The second-order valence-corrected chi connectivity index (χ2v) is 7.06. The van der Waals surface area contributed by atoms with Gasteiger partial charge in [0, 0.05) is 46.5 Å². The van der Waals surface area contributed by atoms with E-state index in [9.17, 15) is 9.59 Å². The highest BCUT2D eigenvalue weighted by Crippen LogP contribution is 2.45. The van der Waals surface area contributed by atoms with Gasteiger partial charge in [-0.05, 0) is 35.4 Å². The van der Waals surface area contributed by atoms with Crippen molar-refractivity contribution in [2.24, 2.45) is 0 Å². The van der Waals surface area contributed by atoms with Crippen LogP contribution in [0.4, 0.5) is 11.4 Å². The number of benzene rings is 2. The minimum absolute atomic E-state index is 0.0264. The van der Waals surface area contributed by atoms with Crippen LogP contribution >= 0.6 is 0 Å². The van der Waals surface area contributed by atoms with Crippen LogP contribution in [-0.2, 0) is 14.3 Å². The molecule has 0 amide bonds. The van der Waals surface area contributed by atoms with E-state index < -0.39 is 11.9 Å². The molecule has 27 heavy (non-hydrogen) atoms. The fourth-order valence-electron chi connectivity index (χ4n) is 3.19. The molecule has 1 aliphatic carbocycles. The fraction of sp³-hybridized carbons (Fsp3) is 0.273. The maximum Gasteiger partial charge on any atom is 0.307 e. The van der Waals surface area contributed by atoms with Gasteiger partial charge in [-0.1, -0.05) is 24.3 Å². The van der Waals surface area contributed by atoms with Gasteiger partial charge in [0.25, 0.3) is 0 Å². The minimum Gasteiger partial charge on any atom is -0.429 e. The molecular formula is C22H24N2O3. The summed E-state index contributed by atoms with van der Waals surface area (Å²) in [6, 6.07) is 15.4. The average Bonchev–Trinajstić information content (AvgIpc) is 2.62. The zero-order chi connectivity index (χ0) is 19.7. The first kappa shape index (κ1) is 18.7. The van der Waals surface area contributed by atoms with Crippen LogP contribution in [0.3, 0.4) is 0 Å². The van der Waals surface area contributed by atoms with Gasteiger partial charge in [0.2, 0.25) is 0 Å². The number of ketones is 1. The summed E-state index contributed by atoms with van der Waals surface area (Å²) < 4.78 is 5.45. The number of allylic oxidation sites excluding steroid dienone is 2. The summed E-state index contributed by atoms with van der Waals surface area (Å²) in [7, 11) is 7.84. The molecule has 0 fully saturated rings. The number of esters is 1. The summed E-state index contributed by atoms with van der Waals surface area (Å²) in [6.45, 7) is 1.36. The van der Waals surface area contributed by atoms with E-state index in [1.807, 2.05) is 86.5 Å². The van der Waals surface area contributed by atoms with Crippen LogP contribution in [0.1, 0.15) is 24.0 Å². The van der Waals surface area contributed by atoms with Gasteiger partial charge in [0.05, 0.1) is 5.57 Å². The fourth-order valence-corrected chi connectivity index (χ4v) is 3.19. The Bertz CT molecular complexity index is 894. The normalized spacial score (nSPS) is 16.0. The number of hydrogen-bond donors (Lipinski definition) is 0. The van der Waals surface area contributed by atoms with Gasteiger partial charge >= 0.3 is 5.97 Å². The van der Waals surface area contributed by atoms with Crippen LogP contribution in [0.2, 0.25) is 0 Å². The predicted molar refractivity (Wildman–Crippen MR) is 108 cm³/mol. The van der Waals surface area contributed by atoms with E-state index in [-0.39, 0.29) is 5.78 Å². The van der Waals surface area contributed by atoms with E-state index in [1.165, 1.54) is 6.92 Å². The van der Waals surface area contributed by atoms with Crippen LogP contribution in [0, 0.1) is 0 Å². The van der Waals surface area contributed by atoms with E-state index in [2.05, 4.69) is 0 Å². The number of anilines is 2. The summed E-state index contributed by atoms with van der Waals surface area (Å²) in [5.74, 6) is -0.548. The Morgan fingerprint density at radius 3 is 1.78 bits per heavy atom. The summed E-state index contributed by atoms with van der Waals surface area (Å²) in [5, 5.41) is 0. The van der Waals surface area contributed by atoms with E-state index >= 15 is 0 Å². The molecule has 2 aromatic rings. The Kier molecular flexibility index (Phi) is 5.04. The molecule has 0 saturated heterocycles. The van der Waals surface area contributed by atoms with Gasteiger partial charge in [-0.2, -0.15) is 0 Å². The third-order valence-electron chi connectivity index (χ3n) is 4.69. The minimum atomic E-state index is -0.534. The summed E-state index contributed by atoms with van der Waals surface area (Å²) >= 11 is 0. The van der Waals surface area contributed by atoms with Crippen LogP contribution in [0.25, 0.3) is 5.57 Å². The lowest BCUT2D eigenvalue weighted by Gasteiger charge is -2.31. The van der Waals surface area contributed by atoms with Gasteiger partial charge in [-0.3, -0.25) is 9.59 Å². The van der Waals surface area contributed by atoms with E-state index in [0.717, 1.165) is 22.5 Å². The Balaban J connectivity index is 1.99. The van der Waals surface area contributed by atoms with E-state index in [0.29, 0.717) is 11.3 Å². The van der Waals surface area contributed by atoms with Crippen LogP contribution in [-0.4, -0.2) is 39.9 Å². The van der Waals surface area contributed by atoms with Gasteiger partial charge in [-0.25, -0.2) is 0 Å². The lowest BCUT2D eigenvalue weighted by atomic mass is 9.75. The third kappa shape index (κ3) is 3.58. The van der Waals surface area contributed by atoms with Crippen molar-refractivity contribution in [1.29, 1.82) is 0 Å². The van der Waals surface area contributed by atoms with Crippen molar-refractivity contribution >= 4 is 28.7 Å². The van der Waals surface area contributed by atoms with Crippen LogP contribution < -0.4 is 9.80 Å². The van der Waals surface area contributed by atoms with Crippen molar-refractivity contribution in [2.75, 3.05) is 38.0 Å². The first-order valence-corrected chi connectivity index (χ1v) is 8.81. The molecule has 0 N–H and O–H groups in total. The van der Waals surface area contributed by atoms with Crippen LogP contribution in [0.5, 0.6) is 0 Å². The van der Waals surface area contributed by atoms with Crippen molar-refractivity contribution in [1.82, 2.24) is 0 Å². The van der Waals surface area contributed by atoms with Crippen LogP contribution in [0.15, 0.2) is 54.3 Å². The molecule has 2 aromatic carbocycles. The number of ether oxygens (including phenoxy) is 1. The van der Waals surface area contributed by atoms with Gasteiger partial charge in [0.15, 0.2) is 5.78 Å². The summed E-state index contributed by atoms with van der Waals surface area (Å²) in [4.78, 5) is 28.5. The number of Topliss-reactive ketones (excluding diaryl/α,β-unsaturated/α-hetero) is 1. The smallest absolute Gasteiger partial charge is 0.307 e.